The van der Waals surface area contributed by atoms with Crippen molar-refractivity contribution < 1.29 is 9.05 Å². The topological polar surface area (TPSA) is 31.8 Å². The summed E-state index contributed by atoms with van der Waals surface area (Å²) in [7, 11) is 0. The quantitative estimate of drug-likeness (QED) is 0.0760. The second kappa shape index (κ2) is 18.1. The number of anilines is 1. The number of azo groups is 1. The molecule has 206 valence electrons. The summed E-state index contributed by atoms with van der Waals surface area (Å²) >= 11 is 0. The molecule has 0 aliphatic heterocycles. The van der Waals surface area contributed by atoms with Crippen molar-refractivity contribution in [3.8, 4) is 0 Å². The Morgan fingerprint density at radius 1 is 0.622 bits per heavy atom. The number of rotatable bonds is 20. The molecule has 37 heavy (non-hydrogen) atoms. The normalized spacial score (nSPS) is 11.9. The fourth-order valence-corrected chi connectivity index (χ4v) is 5.07. The van der Waals surface area contributed by atoms with Gasteiger partial charge < -0.3 is 9.38 Å². The monoisotopic (exact) mass is 509 g/mol. The van der Waals surface area contributed by atoms with Gasteiger partial charge in [0.2, 0.25) is 0 Å². The fourth-order valence-electron chi connectivity index (χ4n) is 5.07. The highest BCUT2D eigenvalue weighted by Crippen LogP contribution is 2.23. The highest BCUT2D eigenvalue weighted by molar-refractivity contribution is 5.52. The van der Waals surface area contributed by atoms with E-state index in [0.29, 0.717) is 0 Å². The van der Waals surface area contributed by atoms with E-state index >= 15 is 0 Å². The van der Waals surface area contributed by atoms with Gasteiger partial charge in [0.15, 0.2) is 18.9 Å². The zero-order valence-corrected chi connectivity index (χ0v) is 24.7. The van der Waals surface area contributed by atoms with E-state index in [9.17, 15) is 0 Å². The Kier molecular flexibility index (Phi) is 15.1. The lowest BCUT2D eigenvalue weighted by Crippen LogP contribution is -2.49. The molecule has 2 rings (SSSR count). The number of benzene rings is 1. The molecule has 0 unspecified atom stereocenters. The van der Waals surface area contributed by atoms with Gasteiger partial charge in [-0.3, -0.25) is 0 Å². The highest BCUT2D eigenvalue weighted by Gasteiger charge is 2.20. The Morgan fingerprint density at radius 2 is 1.14 bits per heavy atom. The molecular weight excluding hydrogens is 454 g/mol. The predicted octanol–water partition coefficient (Wildman–Crippen LogP) is 8.62. The van der Waals surface area contributed by atoms with Crippen molar-refractivity contribution in [2.45, 2.75) is 99.0 Å². The minimum absolute atomic E-state index is 0.898. The Morgan fingerprint density at radius 3 is 1.62 bits per heavy atom. The molecule has 0 saturated heterocycles. The molecule has 0 aliphatic carbocycles. The maximum absolute atomic E-state index is 4.50. The van der Waals surface area contributed by atoms with E-state index in [2.05, 4.69) is 103 Å². The minimum atomic E-state index is 0.898. The number of hydrogen-bond donors (Lipinski definition) is 0. The van der Waals surface area contributed by atoms with Crippen molar-refractivity contribution in [1.82, 2.24) is 0 Å². The Hall–Kier alpha value is -2.27. The van der Waals surface area contributed by atoms with E-state index in [1.54, 1.807) is 0 Å². The molecule has 2 aromatic rings. The number of pyridine rings is 1. The van der Waals surface area contributed by atoms with E-state index in [-0.39, 0.29) is 0 Å². The van der Waals surface area contributed by atoms with Crippen LogP contribution in [0.3, 0.4) is 0 Å². The van der Waals surface area contributed by atoms with Crippen molar-refractivity contribution in [3.63, 3.8) is 0 Å². The third-order valence-electron chi connectivity index (χ3n) is 7.99. The van der Waals surface area contributed by atoms with Crippen LogP contribution in [0.25, 0.3) is 0 Å². The van der Waals surface area contributed by atoms with E-state index in [0.717, 1.165) is 31.0 Å². The van der Waals surface area contributed by atoms with Gasteiger partial charge in [-0.2, -0.15) is 10.2 Å². The Balaban J connectivity index is 1.90. The molecule has 0 amide bonds. The van der Waals surface area contributed by atoms with Gasteiger partial charge in [-0.05, 0) is 57.9 Å². The van der Waals surface area contributed by atoms with Gasteiger partial charge in [-0.25, -0.2) is 4.57 Å². The maximum atomic E-state index is 4.50. The van der Waals surface area contributed by atoms with E-state index in [1.165, 1.54) is 94.1 Å². The molecule has 1 heterocycles. The van der Waals surface area contributed by atoms with Crippen molar-refractivity contribution in [1.29, 1.82) is 0 Å². The summed E-state index contributed by atoms with van der Waals surface area (Å²) in [5.41, 5.74) is 3.12. The summed E-state index contributed by atoms with van der Waals surface area (Å²) in [5.74, 6) is 0. The molecule has 5 heteroatoms. The van der Waals surface area contributed by atoms with Gasteiger partial charge in [0.1, 0.15) is 0 Å². The zero-order valence-electron chi connectivity index (χ0n) is 24.7. The van der Waals surface area contributed by atoms with Gasteiger partial charge in [0.05, 0.1) is 44.0 Å². The lowest BCUT2D eigenvalue weighted by atomic mass is 10.1. The summed E-state index contributed by atoms with van der Waals surface area (Å²) < 4.78 is 3.47. The average Bonchev–Trinajstić information content (AvgIpc) is 2.95. The number of unbranched alkanes of at least 4 members (excludes halogenated alkanes) is 6. The highest BCUT2D eigenvalue weighted by atomic mass is 15.3. The number of hydrogen-bond acceptors (Lipinski definition) is 3. The molecule has 1 aromatic carbocycles. The summed E-state index contributed by atoms with van der Waals surface area (Å²) in [5, 5.41) is 8.99. The van der Waals surface area contributed by atoms with Gasteiger partial charge in [-0.1, -0.05) is 52.4 Å². The molecule has 0 bridgehead atoms. The molecule has 0 atom stereocenters. The van der Waals surface area contributed by atoms with Crippen molar-refractivity contribution in [2.75, 3.05) is 44.2 Å². The van der Waals surface area contributed by atoms with E-state index in [1.807, 2.05) is 0 Å². The van der Waals surface area contributed by atoms with Crippen LogP contribution in [0, 0.1) is 0 Å². The second-order valence-electron chi connectivity index (χ2n) is 10.5. The molecule has 1 aromatic heterocycles. The van der Waals surface area contributed by atoms with Crippen LogP contribution in [0.1, 0.15) is 92.4 Å². The van der Waals surface area contributed by atoms with Crippen molar-refractivity contribution >= 4 is 17.1 Å². The number of aromatic nitrogens is 1. The third kappa shape index (κ3) is 11.3. The minimum Gasteiger partial charge on any atom is -0.372 e. The number of aryl methyl sites for hydroxylation is 1. The standard InChI is InChI=1S/C32H55N5/c1-6-11-13-15-25-36(26-16-14-12-7-2)32-20-18-30(19-21-32)33-34-31-22-27-35(28-23-31)24-17-29-37(8-3,9-4)10-5/h18-23,27-28H,6-17,24-26,29H2,1-5H3/q+2. The molecule has 0 saturated carbocycles. The van der Waals surface area contributed by atoms with Gasteiger partial charge >= 0.3 is 0 Å². The molecule has 0 N–H and O–H groups in total. The van der Waals surface area contributed by atoms with Gasteiger partial charge in [0, 0.05) is 30.9 Å². The summed E-state index contributed by atoms with van der Waals surface area (Å²) in [6.07, 6.45) is 15.9. The van der Waals surface area contributed by atoms with Crippen LogP contribution in [-0.2, 0) is 6.54 Å². The first-order chi connectivity index (χ1) is 18.1. The Bertz CT molecular complexity index is 835. The molecule has 0 spiro atoms. The third-order valence-corrected chi connectivity index (χ3v) is 7.99. The van der Waals surface area contributed by atoms with Crippen molar-refractivity contribution in [2.24, 2.45) is 10.2 Å². The largest absolute Gasteiger partial charge is 0.372 e. The lowest BCUT2D eigenvalue weighted by molar-refractivity contribution is -0.925. The predicted molar refractivity (Wildman–Crippen MR) is 159 cm³/mol. The van der Waals surface area contributed by atoms with E-state index < -0.39 is 0 Å². The van der Waals surface area contributed by atoms with Crippen molar-refractivity contribution in [3.05, 3.63) is 48.8 Å². The van der Waals surface area contributed by atoms with Gasteiger partial charge in [0.25, 0.3) is 0 Å². The first-order valence-electron chi connectivity index (χ1n) is 15.2. The van der Waals surface area contributed by atoms with Crippen LogP contribution in [-0.4, -0.2) is 43.8 Å². The summed E-state index contributed by atoms with van der Waals surface area (Å²) in [6, 6.07) is 12.8. The first-order valence-corrected chi connectivity index (χ1v) is 15.2. The second-order valence-corrected chi connectivity index (χ2v) is 10.5. The van der Waals surface area contributed by atoms with Gasteiger partial charge in [-0.15, -0.1) is 0 Å². The molecule has 0 aliphatic rings. The first kappa shape index (κ1) is 31.0. The molecule has 5 nitrogen and oxygen atoms in total. The zero-order chi connectivity index (χ0) is 26.8. The smallest absolute Gasteiger partial charge is 0.171 e. The van der Waals surface area contributed by atoms with Crippen LogP contribution >= 0.6 is 0 Å². The number of nitrogens with zero attached hydrogens (tertiary/aromatic N) is 5. The van der Waals surface area contributed by atoms with Crippen LogP contribution < -0.4 is 9.47 Å². The Labute approximate surface area is 228 Å². The summed E-state index contributed by atoms with van der Waals surface area (Å²) in [6.45, 7) is 19.7. The summed E-state index contributed by atoms with van der Waals surface area (Å²) in [4.78, 5) is 2.56. The number of quaternary nitrogens is 1. The molecule has 0 radical (unpaired) electrons. The van der Waals surface area contributed by atoms with Crippen LogP contribution in [0.2, 0.25) is 0 Å². The molecule has 0 fully saturated rings. The molecular formula is C32H55N5+2. The lowest BCUT2D eigenvalue weighted by Gasteiger charge is -2.35. The van der Waals surface area contributed by atoms with E-state index in [4.69, 9.17) is 0 Å². The van der Waals surface area contributed by atoms with Crippen LogP contribution in [0.5, 0.6) is 0 Å². The fraction of sp³-hybridized carbons (Fsp3) is 0.656. The SMILES string of the molecule is CCCCCCN(CCCCCC)c1ccc(N=Nc2cc[n+](CCC[N+](CC)(CC)CC)cc2)cc1. The van der Waals surface area contributed by atoms with Crippen LogP contribution in [0.15, 0.2) is 59.0 Å². The maximum Gasteiger partial charge on any atom is 0.171 e. The average molecular weight is 510 g/mol. The van der Waals surface area contributed by atoms with Crippen LogP contribution in [0.4, 0.5) is 17.1 Å².